The van der Waals surface area contributed by atoms with E-state index in [0.717, 1.165) is 0 Å². The Kier molecular flexibility index (Phi) is 4.25. The Hall–Kier alpha value is -2.57. The molecule has 0 aliphatic heterocycles. The summed E-state index contributed by atoms with van der Waals surface area (Å²) in [6.07, 6.45) is 0. The van der Waals surface area contributed by atoms with Gasteiger partial charge in [-0.1, -0.05) is 6.07 Å². The van der Waals surface area contributed by atoms with E-state index in [0.29, 0.717) is 16.8 Å². The van der Waals surface area contributed by atoms with Gasteiger partial charge in [0.05, 0.1) is 18.4 Å². The van der Waals surface area contributed by atoms with Gasteiger partial charge in [-0.05, 0) is 24.6 Å². The summed E-state index contributed by atoms with van der Waals surface area (Å²) in [6.45, 7) is 1.73. The fourth-order valence-electron chi connectivity index (χ4n) is 1.36. The maximum absolute atomic E-state index is 11.5. The summed E-state index contributed by atoms with van der Waals surface area (Å²) < 4.78 is 4.66. The van der Waals surface area contributed by atoms with E-state index in [9.17, 15) is 4.79 Å². The quantitative estimate of drug-likeness (QED) is 0.386. The van der Waals surface area contributed by atoms with Gasteiger partial charge in [0.25, 0.3) is 0 Å². The Labute approximate surface area is 104 Å². The lowest BCUT2D eigenvalue weighted by molar-refractivity contribution is 0.0600. The average Bonchev–Trinajstić information content (AvgIpc) is 2.30. The molecule has 0 atom stereocenters. The van der Waals surface area contributed by atoms with E-state index < -0.39 is 5.97 Å². The van der Waals surface area contributed by atoms with Crippen LogP contribution in [0.25, 0.3) is 0 Å². The Bertz CT molecular complexity index is 518. The Morgan fingerprint density at radius 3 is 2.50 bits per heavy atom. The zero-order chi connectivity index (χ0) is 13.7. The minimum Gasteiger partial charge on any atom is -0.465 e. The first-order valence-electron chi connectivity index (χ1n) is 5.07. The number of esters is 1. The monoisotopic (exact) mass is 249 g/mol. The van der Waals surface area contributed by atoms with Gasteiger partial charge in [-0.2, -0.15) is 4.99 Å². The molecule has 0 saturated heterocycles. The van der Waals surface area contributed by atoms with Gasteiger partial charge in [0.15, 0.2) is 5.96 Å². The maximum Gasteiger partial charge on any atom is 0.338 e. The van der Waals surface area contributed by atoms with Crippen molar-refractivity contribution >= 4 is 23.6 Å². The predicted octanol–water partition coefficient (Wildman–Crippen LogP) is 0.00122. The fraction of sp³-hybridized carbons (Fsp3) is 0.182. The molecule has 96 valence electrons. The van der Waals surface area contributed by atoms with Crippen LogP contribution in [0.3, 0.4) is 0 Å². The van der Waals surface area contributed by atoms with Crippen molar-refractivity contribution in [3.05, 3.63) is 29.3 Å². The molecule has 0 heterocycles. The number of benzene rings is 1. The number of aliphatic imine (C=N–C) groups is 2. The van der Waals surface area contributed by atoms with Crippen molar-refractivity contribution in [3.63, 3.8) is 0 Å². The van der Waals surface area contributed by atoms with Crippen molar-refractivity contribution in [3.8, 4) is 0 Å². The molecule has 0 saturated carbocycles. The highest BCUT2D eigenvalue weighted by molar-refractivity contribution is 5.95. The summed E-state index contributed by atoms with van der Waals surface area (Å²) in [7, 11) is 1.31. The van der Waals surface area contributed by atoms with Gasteiger partial charge in [0, 0.05) is 0 Å². The van der Waals surface area contributed by atoms with E-state index in [2.05, 4.69) is 14.7 Å². The number of guanidine groups is 2. The highest BCUT2D eigenvalue weighted by Gasteiger charge is 2.11. The van der Waals surface area contributed by atoms with Crippen LogP contribution in [0.2, 0.25) is 0 Å². The minimum absolute atomic E-state index is 0.0832. The van der Waals surface area contributed by atoms with Crippen molar-refractivity contribution in [2.75, 3.05) is 7.11 Å². The molecular formula is C11H15N5O2. The number of ether oxygens (including phenoxy) is 1. The zero-order valence-corrected chi connectivity index (χ0v) is 10.2. The summed E-state index contributed by atoms with van der Waals surface area (Å²) in [5.41, 5.74) is 17.4. The zero-order valence-electron chi connectivity index (χ0n) is 10.2. The van der Waals surface area contributed by atoms with Crippen LogP contribution in [-0.4, -0.2) is 25.0 Å². The molecule has 7 heteroatoms. The Morgan fingerprint density at radius 2 is 1.94 bits per heavy atom. The van der Waals surface area contributed by atoms with E-state index in [-0.39, 0.29) is 11.9 Å². The van der Waals surface area contributed by atoms with Crippen molar-refractivity contribution < 1.29 is 9.53 Å². The lowest BCUT2D eigenvalue weighted by Gasteiger charge is -2.06. The van der Waals surface area contributed by atoms with Crippen LogP contribution in [0, 0.1) is 6.92 Å². The second kappa shape index (κ2) is 5.67. The molecule has 0 fully saturated rings. The molecule has 6 N–H and O–H groups in total. The molecule has 0 unspecified atom stereocenters. The summed E-state index contributed by atoms with van der Waals surface area (Å²) >= 11 is 0. The molecule has 18 heavy (non-hydrogen) atoms. The summed E-state index contributed by atoms with van der Waals surface area (Å²) in [5, 5.41) is 0. The van der Waals surface area contributed by atoms with E-state index in [1.54, 1.807) is 25.1 Å². The third kappa shape index (κ3) is 3.21. The average molecular weight is 249 g/mol. The molecule has 0 spiro atoms. The molecule has 1 aromatic rings. The molecular weight excluding hydrogens is 234 g/mol. The standard InChI is InChI=1S/C11H15N5O2/c1-6-7(9(17)18-2)4-3-5-8(6)15-11(14)16-10(12)13/h3-5H,1-2H3,(H6,12,13,14,15,16). The number of nitrogens with zero attached hydrogens (tertiary/aromatic N) is 2. The van der Waals surface area contributed by atoms with Gasteiger partial charge in [0.1, 0.15) is 0 Å². The van der Waals surface area contributed by atoms with Gasteiger partial charge < -0.3 is 21.9 Å². The highest BCUT2D eigenvalue weighted by Crippen LogP contribution is 2.22. The van der Waals surface area contributed by atoms with Crippen molar-refractivity contribution in [2.45, 2.75) is 6.92 Å². The largest absolute Gasteiger partial charge is 0.465 e. The van der Waals surface area contributed by atoms with Gasteiger partial charge in [0.2, 0.25) is 5.96 Å². The number of nitrogens with two attached hydrogens (primary N) is 3. The van der Waals surface area contributed by atoms with Crippen LogP contribution in [0.15, 0.2) is 28.2 Å². The van der Waals surface area contributed by atoms with Crippen LogP contribution >= 0.6 is 0 Å². The molecule has 0 aromatic heterocycles. The molecule has 7 nitrogen and oxygen atoms in total. The summed E-state index contributed by atoms with van der Waals surface area (Å²) in [4.78, 5) is 19.1. The van der Waals surface area contributed by atoms with Crippen LogP contribution in [0.1, 0.15) is 15.9 Å². The number of hydrogen-bond donors (Lipinski definition) is 3. The normalized spacial score (nSPS) is 10.9. The molecule has 0 radical (unpaired) electrons. The van der Waals surface area contributed by atoms with Crippen LogP contribution < -0.4 is 17.2 Å². The van der Waals surface area contributed by atoms with Crippen molar-refractivity contribution in [1.82, 2.24) is 0 Å². The van der Waals surface area contributed by atoms with Gasteiger partial charge in [-0.15, -0.1) is 0 Å². The summed E-state index contributed by atoms with van der Waals surface area (Å²) in [6, 6.07) is 4.99. The van der Waals surface area contributed by atoms with E-state index in [1.165, 1.54) is 7.11 Å². The molecule has 1 aromatic carbocycles. The second-order valence-corrected chi connectivity index (χ2v) is 3.45. The predicted molar refractivity (Wildman–Crippen MR) is 69.6 cm³/mol. The van der Waals surface area contributed by atoms with Crippen molar-refractivity contribution in [2.24, 2.45) is 27.2 Å². The topological polar surface area (TPSA) is 129 Å². The molecule has 0 amide bonds. The van der Waals surface area contributed by atoms with Crippen LogP contribution in [0.4, 0.5) is 5.69 Å². The van der Waals surface area contributed by atoms with E-state index in [1.807, 2.05) is 0 Å². The third-order valence-corrected chi connectivity index (χ3v) is 2.19. The summed E-state index contributed by atoms with van der Waals surface area (Å²) in [5.74, 6) is -0.705. The Morgan fingerprint density at radius 1 is 1.28 bits per heavy atom. The molecule has 0 aliphatic rings. The SMILES string of the molecule is COC(=O)c1cccc(N=C(N)N=C(N)N)c1C. The number of rotatable bonds is 2. The first-order chi connectivity index (χ1) is 8.45. The maximum atomic E-state index is 11.5. The van der Waals surface area contributed by atoms with Gasteiger partial charge in [-0.3, -0.25) is 0 Å². The molecule has 0 aliphatic carbocycles. The smallest absolute Gasteiger partial charge is 0.338 e. The highest BCUT2D eigenvalue weighted by atomic mass is 16.5. The fourth-order valence-corrected chi connectivity index (χ4v) is 1.36. The minimum atomic E-state index is -0.440. The third-order valence-electron chi connectivity index (χ3n) is 2.19. The second-order valence-electron chi connectivity index (χ2n) is 3.45. The number of carbonyl (C=O) groups excluding carboxylic acids is 1. The number of hydrogen-bond acceptors (Lipinski definition) is 3. The first kappa shape index (κ1) is 13.5. The first-order valence-corrected chi connectivity index (χ1v) is 5.07. The Balaban J connectivity index is 3.20. The number of carbonyl (C=O) groups is 1. The van der Waals surface area contributed by atoms with E-state index in [4.69, 9.17) is 17.2 Å². The van der Waals surface area contributed by atoms with Gasteiger partial charge >= 0.3 is 5.97 Å². The number of methoxy groups -OCH3 is 1. The lowest BCUT2D eigenvalue weighted by atomic mass is 10.1. The molecule has 0 bridgehead atoms. The van der Waals surface area contributed by atoms with Crippen LogP contribution in [-0.2, 0) is 4.74 Å². The lowest BCUT2D eigenvalue weighted by Crippen LogP contribution is -2.26. The van der Waals surface area contributed by atoms with Crippen molar-refractivity contribution in [1.29, 1.82) is 0 Å². The van der Waals surface area contributed by atoms with Gasteiger partial charge in [-0.25, -0.2) is 9.79 Å². The van der Waals surface area contributed by atoms with Crippen LogP contribution in [0.5, 0.6) is 0 Å². The van der Waals surface area contributed by atoms with E-state index >= 15 is 0 Å². The molecule has 1 rings (SSSR count).